The molecule has 3 rings (SSSR count). The van der Waals surface area contributed by atoms with Crippen molar-refractivity contribution in [2.45, 2.75) is 6.92 Å². The molecule has 2 N–H and O–H groups in total. The minimum absolute atomic E-state index is 0.414. The molecule has 0 saturated heterocycles. The summed E-state index contributed by atoms with van der Waals surface area (Å²) in [5.74, 6) is 1.23. The van der Waals surface area contributed by atoms with Crippen LogP contribution in [0.3, 0.4) is 0 Å². The monoisotopic (exact) mass is 364 g/mol. The summed E-state index contributed by atoms with van der Waals surface area (Å²) in [4.78, 5) is 20.8. The number of benzene rings is 2. The molecule has 1 heterocycles. The van der Waals surface area contributed by atoms with Crippen LogP contribution in [-0.2, 0) is 4.74 Å². The van der Waals surface area contributed by atoms with Crippen LogP contribution in [0, 0.1) is 6.92 Å². The zero-order valence-electron chi connectivity index (χ0n) is 15.3. The van der Waals surface area contributed by atoms with Gasteiger partial charge in [0.2, 0.25) is 5.95 Å². The summed E-state index contributed by atoms with van der Waals surface area (Å²) in [5, 5.41) is 6.32. The van der Waals surface area contributed by atoms with Crippen LogP contribution in [0.4, 0.5) is 23.1 Å². The molecule has 0 aliphatic rings. The molecule has 0 aliphatic carbocycles. The minimum Gasteiger partial charge on any atom is -0.495 e. The van der Waals surface area contributed by atoms with Crippen molar-refractivity contribution in [3.8, 4) is 5.75 Å². The van der Waals surface area contributed by atoms with Crippen molar-refractivity contribution in [3.63, 3.8) is 0 Å². The number of nitrogens with one attached hydrogen (secondary N) is 2. The molecular weight excluding hydrogens is 344 g/mol. The van der Waals surface area contributed by atoms with Crippen LogP contribution in [0.1, 0.15) is 16.1 Å². The molecule has 0 amide bonds. The Morgan fingerprint density at radius 1 is 0.926 bits per heavy atom. The van der Waals surface area contributed by atoms with Gasteiger partial charge in [0.1, 0.15) is 11.6 Å². The number of para-hydroxylation sites is 3. The fourth-order valence-electron chi connectivity index (χ4n) is 2.57. The predicted octanol–water partition coefficient (Wildman–Crippen LogP) is 4.07. The van der Waals surface area contributed by atoms with Gasteiger partial charge in [-0.25, -0.2) is 9.78 Å². The van der Waals surface area contributed by atoms with Crippen LogP contribution in [-0.4, -0.2) is 30.2 Å². The van der Waals surface area contributed by atoms with E-state index in [1.165, 1.54) is 7.11 Å². The number of hydrogen-bond acceptors (Lipinski definition) is 7. The van der Waals surface area contributed by atoms with Gasteiger partial charge in [-0.2, -0.15) is 4.98 Å². The standard InChI is InChI=1S/C20H20N4O3/c1-13-12-18(22-15-9-5-4-8-14(15)19(25)27-3)24-20(21-13)23-16-10-6-7-11-17(16)26-2/h4-12H,1-3H3,(H2,21,22,23,24). The lowest BCUT2D eigenvalue weighted by molar-refractivity contribution is 0.0602. The molecular formula is C20H20N4O3. The number of carbonyl (C=O) groups is 1. The predicted molar refractivity (Wildman–Crippen MR) is 104 cm³/mol. The zero-order valence-corrected chi connectivity index (χ0v) is 15.3. The number of esters is 1. The summed E-state index contributed by atoms with van der Waals surface area (Å²) in [6, 6.07) is 16.4. The largest absolute Gasteiger partial charge is 0.495 e. The van der Waals surface area contributed by atoms with Crippen molar-refractivity contribution in [3.05, 3.63) is 65.9 Å². The van der Waals surface area contributed by atoms with E-state index >= 15 is 0 Å². The fraction of sp³-hybridized carbons (Fsp3) is 0.150. The lowest BCUT2D eigenvalue weighted by Crippen LogP contribution is -2.07. The Morgan fingerprint density at radius 2 is 1.63 bits per heavy atom. The maximum absolute atomic E-state index is 11.9. The van der Waals surface area contributed by atoms with Gasteiger partial charge in [-0.1, -0.05) is 24.3 Å². The summed E-state index contributed by atoms with van der Waals surface area (Å²) in [6.07, 6.45) is 0. The van der Waals surface area contributed by atoms with Crippen LogP contribution in [0.15, 0.2) is 54.6 Å². The van der Waals surface area contributed by atoms with E-state index in [1.807, 2.05) is 37.3 Å². The summed E-state index contributed by atoms with van der Waals surface area (Å²) in [7, 11) is 2.96. The highest BCUT2D eigenvalue weighted by atomic mass is 16.5. The third kappa shape index (κ3) is 4.33. The number of methoxy groups -OCH3 is 2. The Balaban J connectivity index is 1.90. The second kappa shape index (κ2) is 8.18. The van der Waals surface area contributed by atoms with E-state index in [0.29, 0.717) is 28.8 Å². The lowest BCUT2D eigenvalue weighted by atomic mass is 10.2. The van der Waals surface area contributed by atoms with Crippen LogP contribution < -0.4 is 15.4 Å². The second-order valence-electron chi connectivity index (χ2n) is 5.71. The van der Waals surface area contributed by atoms with Crippen LogP contribution in [0.5, 0.6) is 5.75 Å². The number of aromatic nitrogens is 2. The third-order valence-electron chi connectivity index (χ3n) is 3.80. The molecule has 0 fully saturated rings. The molecule has 0 bridgehead atoms. The van der Waals surface area contributed by atoms with Gasteiger partial charge in [0, 0.05) is 11.8 Å². The molecule has 0 unspecified atom stereocenters. The quantitative estimate of drug-likeness (QED) is 0.638. The molecule has 7 heteroatoms. The second-order valence-corrected chi connectivity index (χ2v) is 5.71. The lowest BCUT2D eigenvalue weighted by Gasteiger charge is -2.13. The number of carbonyl (C=O) groups excluding carboxylic acids is 1. The van der Waals surface area contributed by atoms with E-state index in [2.05, 4.69) is 20.6 Å². The highest BCUT2D eigenvalue weighted by Crippen LogP contribution is 2.27. The number of nitrogens with zero attached hydrogens (tertiary/aromatic N) is 2. The first-order valence-electron chi connectivity index (χ1n) is 8.31. The topological polar surface area (TPSA) is 85.4 Å². The molecule has 0 aliphatic heterocycles. The molecule has 0 radical (unpaired) electrons. The Morgan fingerprint density at radius 3 is 2.37 bits per heavy atom. The minimum atomic E-state index is -0.420. The number of aryl methyl sites for hydroxylation is 1. The molecule has 0 spiro atoms. The van der Waals surface area contributed by atoms with Crippen molar-refractivity contribution in [1.82, 2.24) is 9.97 Å². The molecule has 138 valence electrons. The SMILES string of the molecule is COC(=O)c1ccccc1Nc1cc(C)nc(Nc2ccccc2OC)n1. The highest BCUT2D eigenvalue weighted by Gasteiger charge is 2.12. The fourth-order valence-corrected chi connectivity index (χ4v) is 2.57. The number of anilines is 4. The van der Waals surface area contributed by atoms with Crippen molar-refractivity contribution in [2.75, 3.05) is 24.9 Å². The first kappa shape index (κ1) is 18.2. The maximum Gasteiger partial charge on any atom is 0.339 e. The number of rotatable bonds is 6. The van der Waals surface area contributed by atoms with Gasteiger partial charge in [0.15, 0.2) is 0 Å². The van der Waals surface area contributed by atoms with Gasteiger partial charge in [0.25, 0.3) is 0 Å². The van der Waals surface area contributed by atoms with E-state index in [9.17, 15) is 4.79 Å². The average molecular weight is 364 g/mol. The molecule has 3 aromatic rings. The molecule has 0 saturated carbocycles. The van der Waals surface area contributed by atoms with Gasteiger partial charge >= 0.3 is 5.97 Å². The van der Waals surface area contributed by atoms with E-state index < -0.39 is 5.97 Å². The Hall–Kier alpha value is -3.61. The maximum atomic E-state index is 11.9. The first-order chi connectivity index (χ1) is 13.1. The molecule has 0 atom stereocenters. The molecule has 1 aromatic heterocycles. The number of ether oxygens (including phenoxy) is 2. The van der Waals surface area contributed by atoms with Crippen LogP contribution in [0.2, 0.25) is 0 Å². The Kier molecular flexibility index (Phi) is 5.51. The zero-order chi connectivity index (χ0) is 19.2. The average Bonchev–Trinajstić information content (AvgIpc) is 2.68. The van der Waals surface area contributed by atoms with Crippen molar-refractivity contribution in [1.29, 1.82) is 0 Å². The van der Waals surface area contributed by atoms with Crippen molar-refractivity contribution in [2.24, 2.45) is 0 Å². The normalized spacial score (nSPS) is 10.2. The van der Waals surface area contributed by atoms with E-state index in [4.69, 9.17) is 9.47 Å². The van der Waals surface area contributed by atoms with Gasteiger partial charge in [-0.15, -0.1) is 0 Å². The molecule has 7 nitrogen and oxygen atoms in total. The molecule has 27 heavy (non-hydrogen) atoms. The van der Waals surface area contributed by atoms with Crippen molar-refractivity contribution >= 4 is 29.1 Å². The molecule has 2 aromatic carbocycles. The smallest absolute Gasteiger partial charge is 0.339 e. The summed E-state index contributed by atoms with van der Waals surface area (Å²) in [5.41, 5.74) is 2.55. The van der Waals surface area contributed by atoms with E-state index in [-0.39, 0.29) is 0 Å². The van der Waals surface area contributed by atoms with Crippen LogP contribution >= 0.6 is 0 Å². The van der Waals surface area contributed by atoms with Gasteiger partial charge in [-0.3, -0.25) is 0 Å². The van der Waals surface area contributed by atoms with Gasteiger partial charge in [-0.05, 0) is 31.2 Å². The first-order valence-corrected chi connectivity index (χ1v) is 8.31. The Bertz CT molecular complexity index is 959. The van der Waals surface area contributed by atoms with E-state index in [0.717, 1.165) is 11.4 Å². The number of hydrogen-bond donors (Lipinski definition) is 2. The van der Waals surface area contributed by atoms with Crippen molar-refractivity contribution < 1.29 is 14.3 Å². The van der Waals surface area contributed by atoms with E-state index in [1.54, 1.807) is 31.4 Å². The van der Waals surface area contributed by atoms with Gasteiger partial charge < -0.3 is 20.1 Å². The summed E-state index contributed by atoms with van der Waals surface area (Å²) < 4.78 is 10.2. The Labute approximate surface area is 157 Å². The summed E-state index contributed by atoms with van der Waals surface area (Å²) >= 11 is 0. The van der Waals surface area contributed by atoms with Crippen LogP contribution in [0.25, 0.3) is 0 Å². The summed E-state index contributed by atoms with van der Waals surface area (Å²) in [6.45, 7) is 1.87. The van der Waals surface area contributed by atoms with Gasteiger partial charge in [0.05, 0.1) is 31.2 Å². The highest BCUT2D eigenvalue weighted by molar-refractivity contribution is 5.96. The third-order valence-corrected chi connectivity index (χ3v) is 3.80.